The summed E-state index contributed by atoms with van der Waals surface area (Å²) in [6.07, 6.45) is 0. The molecule has 0 radical (unpaired) electrons. The molecule has 6 nitrogen and oxygen atoms in total. The first-order chi connectivity index (χ1) is 65.2. The van der Waals surface area contributed by atoms with E-state index in [0.29, 0.717) is 0 Å². The highest BCUT2D eigenvalue weighted by Gasteiger charge is 2.37. The van der Waals surface area contributed by atoms with Gasteiger partial charge in [0.2, 0.25) is 0 Å². The van der Waals surface area contributed by atoms with Crippen LogP contribution in [0.3, 0.4) is 0 Å². The minimum absolute atomic E-state index is 0.155. The van der Waals surface area contributed by atoms with Gasteiger partial charge in [0.1, 0.15) is 0 Å². The molecule has 1 aliphatic carbocycles. The minimum Gasteiger partial charge on any atom is -0.311 e. The number of benzene rings is 20. The second kappa shape index (κ2) is 34.8. The summed E-state index contributed by atoms with van der Waals surface area (Å²) < 4.78 is 7.57. The number of nitrogens with zero attached hydrogens (tertiary/aromatic N) is 6. The largest absolute Gasteiger partial charge is 0.311 e. The van der Waals surface area contributed by atoms with Gasteiger partial charge in [-0.25, -0.2) is 0 Å². The third kappa shape index (κ3) is 15.2. The van der Waals surface area contributed by atoms with Crippen LogP contribution >= 0.6 is 34.0 Å². The first-order valence-corrected chi connectivity index (χ1v) is 47.4. The summed E-state index contributed by atoms with van der Waals surface area (Å²) in [5.74, 6) is 0. The van der Waals surface area contributed by atoms with Crippen LogP contribution in [-0.4, -0.2) is 0 Å². The van der Waals surface area contributed by atoms with Crippen molar-refractivity contribution in [2.75, 3.05) is 29.4 Å². The third-order valence-electron chi connectivity index (χ3n) is 25.6. The molecule has 0 aliphatic heterocycles. The van der Waals surface area contributed by atoms with Crippen LogP contribution in [0.5, 0.6) is 0 Å². The van der Waals surface area contributed by atoms with Gasteiger partial charge in [-0.05, 0) is 275 Å². The van der Waals surface area contributed by atoms with Crippen LogP contribution in [0.1, 0.15) is 25.0 Å². The first kappa shape index (κ1) is 80.4. The molecule has 0 saturated heterocycles. The van der Waals surface area contributed by atoms with Crippen molar-refractivity contribution < 1.29 is 0 Å². The molecule has 24 rings (SSSR count). The van der Waals surface area contributed by atoms with Crippen LogP contribution in [0.4, 0.5) is 102 Å². The van der Waals surface area contributed by atoms with Crippen molar-refractivity contribution in [1.82, 2.24) is 0 Å². The Bertz CT molecular complexity index is 7980. The second-order valence-electron chi connectivity index (χ2n) is 34.0. The molecule has 0 saturated carbocycles. The zero-order valence-corrected chi connectivity index (χ0v) is 75.2. The van der Waals surface area contributed by atoms with Gasteiger partial charge >= 0.3 is 0 Å². The minimum atomic E-state index is -0.155. The van der Waals surface area contributed by atoms with Crippen LogP contribution in [0.2, 0.25) is 0 Å². The van der Waals surface area contributed by atoms with Crippen molar-refractivity contribution in [3.8, 4) is 33.4 Å². The van der Waals surface area contributed by atoms with E-state index in [1.165, 1.54) is 105 Å². The quantitative estimate of drug-likeness (QED) is 0.0752. The van der Waals surface area contributed by atoms with Crippen molar-refractivity contribution in [3.63, 3.8) is 0 Å². The number of para-hydroxylation sites is 10. The molecule has 3 aromatic heterocycles. The molecule has 0 bridgehead atoms. The third-order valence-corrected chi connectivity index (χ3v) is 29.0. The lowest BCUT2D eigenvalue weighted by atomic mass is 9.82. The second-order valence-corrected chi connectivity index (χ2v) is 37.2. The highest BCUT2D eigenvalue weighted by Crippen LogP contribution is 2.55. The molecule has 0 unspecified atom stereocenters. The average molecular weight is 1750 g/mol. The Balaban J connectivity index is 0.000000154. The van der Waals surface area contributed by atoms with Crippen molar-refractivity contribution in [1.29, 1.82) is 0 Å². The Morgan fingerprint density at radius 3 is 0.788 bits per heavy atom. The summed E-state index contributed by atoms with van der Waals surface area (Å²) in [7, 11) is 0. The Morgan fingerprint density at radius 1 is 0.152 bits per heavy atom. The maximum absolute atomic E-state index is 2.49. The van der Waals surface area contributed by atoms with Gasteiger partial charge in [0, 0.05) is 157 Å². The fourth-order valence-corrected chi connectivity index (χ4v) is 22.7. The molecule has 1 aliphatic rings. The van der Waals surface area contributed by atoms with Gasteiger partial charge < -0.3 is 29.4 Å². The lowest BCUT2D eigenvalue weighted by Crippen LogP contribution is -2.18. The van der Waals surface area contributed by atoms with Gasteiger partial charge in [-0.15, -0.1) is 34.0 Å². The summed E-state index contributed by atoms with van der Waals surface area (Å²) >= 11 is 5.57. The van der Waals surface area contributed by atoms with Gasteiger partial charge in [0.05, 0.1) is 11.4 Å². The zero-order chi connectivity index (χ0) is 88.0. The number of rotatable bonds is 20. The smallest absolute Gasteiger partial charge is 0.0702 e. The number of anilines is 18. The van der Waals surface area contributed by atoms with E-state index in [2.05, 4.69) is 541 Å². The summed E-state index contributed by atoms with van der Waals surface area (Å²) in [5.41, 5.74) is 30.1. The van der Waals surface area contributed by atoms with Crippen molar-refractivity contribution in [2.45, 2.75) is 19.3 Å². The van der Waals surface area contributed by atoms with Gasteiger partial charge in [-0.3, -0.25) is 0 Å². The number of hydrogen-bond donors (Lipinski definition) is 0. The molecule has 132 heavy (non-hydrogen) atoms. The van der Waals surface area contributed by atoms with Crippen LogP contribution in [-0.2, 0) is 5.41 Å². The van der Waals surface area contributed by atoms with E-state index in [-0.39, 0.29) is 5.41 Å². The van der Waals surface area contributed by atoms with Crippen molar-refractivity contribution >= 4 is 197 Å². The van der Waals surface area contributed by atoms with Crippen LogP contribution in [0.25, 0.3) is 93.9 Å². The van der Waals surface area contributed by atoms with E-state index in [0.717, 1.165) is 102 Å². The molecule has 628 valence electrons. The van der Waals surface area contributed by atoms with Crippen LogP contribution < -0.4 is 29.4 Å². The fraction of sp³-hybridized carbons (Fsp3) is 0.0244. The molecule has 23 aromatic rings. The summed E-state index contributed by atoms with van der Waals surface area (Å²) in [6, 6.07) is 180. The Kier molecular flexibility index (Phi) is 21.2. The monoisotopic (exact) mass is 1740 g/mol. The SMILES string of the molecule is CC1(C)c2ccccc2-c2ccc(N(c3ccccc3)c3ccccc3N(c3ccc4c(c3)sc3ccc(N(c5ccccc5)c5ccccc5)cc34)c3ccc4sc5cc(-c6ccccc6)ccc5c4c3)cc21.c1ccc(N(c2ccccc2)c2ccc(-c3ccc(N(c4ccccc4)c4ccc5c(c4)sc4ccc(N(c6ccccc6)c6ccccc6)cc45)cc3)cc2)cc1. The Hall–Kier alpha value is -16.1. The van der Waals surface area contributed by atoms with Gasteiger partial charge in [0.25, 0.3) is 0 Å². The summed E-state index contributed by atoms with van der Waals surface area (Å²) in [5, 5.41) is 7.53. The molecule has 0 N–H and O–H groups in total. The van der Waals surface area contributed by atoms with E-state index in [4.69, 9.17) is 0 Å². The van der Waals surface area contributed by atoms with Gasteiger partial charge in [0.15, 0.2) is 0 Å². The maximum Gasteiger partial charge on any atom is 0.0702 e. The van der Waals surface area contributed by atoms with Crippen molar-refractivity contribution in [3.05, 3.63) is 509 Å². The lowest BCUT2D eigenvalue weighted by molar-refractivity contribution is 0.660. The maximum atomic E-state index is 2.49. The molecule has 20 aromatic carbocycles. The number of fused-ring (bicyclic) bond motifs is 12. The highest BCUT2D eigenvalue weighted by atomic mass is 32.1. The lowest BCUT2D eigenvalue weighted by Gasteiger charge is -2.34. The molecule has 3 heterocycles. The zero-order valence-electron chi connectivity index (χ0n) is 72.8. The molecular weight excluding hydrogens is 1660 g/mol. The predicted octanol–water partition coefficient (Wildman–Crippen LogP) is 36.9. The van der Waals surface area contributed by atoms with Crippen molar-refractivity contribution in [2.24, 2.45) is 0 Å². The molecule has 0 spiro atoms. The molecule has 0 fully saturated rings. The normalized spacial score (nSPS) is 11.9. The van der Waals surface area contributed by atoms with E-state index in [9.17, 15) is 0 Å². The highest BCUT2D eigenvalue weighted by molar-refractivity contribution is 7.26. The Morgan fingerprint density at radius 2 is 0.394 bits per heavy atom. The van der Waals surface area contributed by atoms with E-state index in [1.54, 1.807) is 0 Å². The van der Waals surface area contributed by atoms with Gasteiger partial charge in [-0.2, -0.15) is 0 Å². The number of thiophene rings is 3. The summed E-state index contributed by atoms with van der Waals surface area (Å²) in [4.78, 5) is 14.3. The molecule has 9 heteroatoms. The average Bonchev–Trinajstić information content (AvgIpc) is 1.57. The fourth-order valence-electron chi connectivity index (χ4n) is 19.3. The molecule has 0 atom stereocenters. The molecular formula is C123H88N6S3. The van der Waals surface area contributed by atoms with E-state index >= 15 is 0 Å². The van der Waals surface area contributed by atoms with Crippen LogP contribution in [0, 0.1) is 0 Å². The van der Waals surface area contributed by atoms with Gasteiger partial charge in [-0.1, -0.05) is 281 Å². The predicted molar refractivity (Wildman–Crippen MR) is 568 cm³/mol. The van der Waals surface area contributed by atoms with E-state index < -0.39 is 0 Å². The first-order valence-electron chi connectivity index (χ1n) is 44.9. The molecule has 0 amide bonds. The van der Waals surface area contributed by atoms with Crippen LogP contribution in [0.15, 0.2) is 497 Å². The van der Waals surface area contributed by atoms with E-state index in [1.807, 2.05) is 34.0 Å². The number of hydrogen-bond acceptors (Lipinski definition) is 9. The standard InChI is InChI=1S/C69H49N3S2.C54H39N3S/c1-69(2)61-28-16-15-27-55(61)56-37-32-53(44-62(56)69)71(50-25-13-6-14-26-50)63-29-17-18-30-64(63)72(52-35-40-65-60(43-52)57-36-31-47(41-67(57)73-65)46-19-7-3-8-20-46)54-33-38-58-59-42-51(34-39-66(59)74-68(58)45-54)70(48-21-9-4-10-22-48)49-23-11-5-12-24-49;1-6-16-42(17-7-1)55(43-18-8-2-9-19-43)47-30-26-40(27-31-47)41-28-32-48(33-29-41)57(46-24-14-5-15-25-46)50-34-36-51-52-38-49(35-37-53(52)58-54(51)39-50)56(44-20-10-3-11-21-44)45-22-12-4-13-23-45/h3-45H,1-2H3;1-39H. The topological polar surface area (TPSA) is 19.4 Å². The Labute approximate surface area is 781 Å². The summed E-state index contributed by atoms with van der Waals surface area (Å²) in [6.45, 7) is 4.73.